The summed E-state index contributed by atoms with van der Waals surface area (Å²) in [4.78, 5) is 0. The summed E-state index contributed by atoms with van der Waals surface area (Å²) in [6.45, 7) is 3.66. The fraction of sp³-hybridized carbons (Fsp3) is 0.250. The molecule has 0 atom stereocenters. The number of hydrogen-bond donors (Lipinski definition) is 1. The lowest BCUT2D eigenvalue weighted by Gasteiger charge is -1.89. The molecule has 0 aromatic carbocycles. The Morgan fingerprint density at radius 3 is 2.46 bits per heavy atom. The predicted molar refractivity (Wildman–Crippen MR) is 45.9 cm³/mol. The number of anilines is 1. The predicted octanol–water partition coefficient (Wildman–Crippen LogP) is 1.53. The molecule has 2 aromatic rings. The van der Waals surface area contributed by atoms with E-state index in [0.717, 1.165) is 11.3 Å². The molecule has 0 aliphatic rings. The van der Waals surface area contributed by atoms with Crippen LogP contribution in [0.2, 0.25) is 0 Å². The summed E-state index contributed by atoms with van der Waals surface area (Å²) in [6, 6.07) is 1.65. The summed E-state index contributed by atoms with van der Waals surface area (Å²) in [5, 5.41) is 7.58. The second-order valence-corrected chi connectivity index (χ2v) is 2.81. The van der Waals surface area contributed by atoms with E-state index in [4.69, 9.17) is 14.8 Å². The maximum atomic E-state index is 5.40. The van der Waals surface area contributed by atoms with Crippen LogP contribution < -0.4 is 5.73 Å². The molecule has 0 aliphatic heterocycles. The molecule has 2 N–H and O–H groups in total. The zero-order valence-electron chi connectivity index (χ0n) is 7.37. The maximum Gasteiger partial charge on any atom is 0.222 e. The first-order valence-electron chi connectivity index (χ1n) is 3.84. The largest absolute Gasteiger partial charge is 0.368 e. The van der Waals surface area contributed by atoms with Gasteiger partial charge >= 0.3 is 0 Å². The number of aromatic nitrogens is 2. The van der Waals surface area contributed by atoms with Gasteiger partial charge in [-0.2, -0.15) is 0 Å². The van der Waals surface area contributed by atoms with Gasteiger partial charge in [-0.3, -0.25) is 0 Å². The Labute approximate surface area is 74.5 Å². The molecular formula is C8H9N3O2. The van der Waals surface area contributed by atoms with Crippen LogP contribution in [0.4, 0.5) is 5.88 Å². The van der Waals surface area contributed by atoms with E-state index >= 15 is 0 Å². The standard InChI is InChI=1S/C8H9N3O2/c1-4-8(5(2)12-10-4)6-3-7(9)13-11-6/h3H,9H2,1-2H3. The van der Waals surface area contributed by atoms with Crippen molar-refractivity contribution >= 4 is 5.88 Å². The summed E-state index contributed by atoms with van der Waals surface area (Å²) in [5.41, 5.74) is 7.70. The fourth-order valence-electron chi connectivity index (χ4n) is 1.26. The van der Waals surface area contributed by atoms with E-state index in [2.05, 4.69) is 10.3 Å². The Morgan fingerprint density at radius 2 is 2.00 bits per heavy atom. The quantitative estimate of drug-likeness (QED) is 0.718. The van der Waals surface area contributed by atoms with Gasteiger partial charge in [0.2, 0.25) is 5.88 Å². The molecule has 2 rings (SSSR count). The summed E-state index contributed by atoms with van der Waals surface area (Å²) in [7, 11) is 0. The van der Waals surface area contributed by atoms with Gasteiger partial charge in [0.25, 0.3) is 0 Å². The van der Waals surface area contributed by atoms with E-state index in [1.165, 1.54) is 0 Å². The van der Waals surface area contributed by atoms with Crippen LogP contribution in [0, 0.1) is 13.8 Å². The van der Waals surface area contributed by atoms with Crippen LogP contribution in [-0.4, -0.2) is 10.3 Å². The van der Waals surface area contributed by atoms with Crippen LogP contribution in [0.15, 0.2) is 15.1 Å². The van der Waals surface area contributed by atoms with Gasteiger partial charge in [0.05, 0.1) is 11.3 Å². The highest BCUT2D eigenvalue weighted by Gasteiger charge is 2.14. The minimum Gasteiger partial charge on any atom is -0.368 e. The first kappa shape index (κ1) is 7.85. The Bertz CT molecular complexity index is 411. The van der Waals surface area contributed by atoms with Crippen LogP contribution >= 0.6 is 0 Å². The second-order valence-electron chi connectivity index (χ2n) is 2.81. The van der Waals surface area contributed by atoms with E-state index in [9.17, 15) is 0 Å². The second kappa shape index (κ2) is 2.62. The van der Waals surface area contributed by atoms with Crippen LogP contribution in [0.1, 0.15) is 11.5 Å². The van der Waals surface area contributed by atoms with E-state index in [0.29, 0.717) is 11.5 Å². The van der Waals surface area contributed by atoms with Gasteiger partial charge in [0.15, 0.2) is 0 Å². The van der Waals surface area contributed by atoms with Crippen LogP contribution in [0.25, 0.3) is 11.3 Å². The van der Waals surface area contributed by atoms with Crippen molar-refractivity contribution in [2.45, 2.75) is 13.8 Å². The van der Waals surface area contributed by atoms with Crippen molar-refractivity contribution in [3.05, 3.63) is 17.5 Å². The number of aryl methyl sites for hydroxylation is 2. The number of hydrogen-bond acceptors (Lipinski definition) is 5. The topological polar surface area (TPSA) is 78.1 Å². The lowest BCUT2D eigenvalue weighted by atomic mass is 10.1. The molecule has 2 aromatic heterocycles. The molecule has 5 heteroatoms. The Morgan fingerprint density at radius 1 is 1.23 bits per heavy atom. The molecule has 0 saturated heterocycles. The number of nitrogens with zero attached hydrogens (tertiary/aromatic N) is 2. The minimum atomic E-state index is 0.287. The summed E-state index contributed by atoms with van der Waals surface area (Å²) < 4.78 is 9.74. The first-order chi connectivity index (χ1) is 6.18. The molecule has 0 aliphatic carbocycles. The van der Waals surface area contributed by atoms with Crippen molar-refractivity contribution in [2.75, 3.05) is 5.73 Å². The molecular weight excluding hydrogens is 170 g/mol. The van der Waals surface area contributed by atoms with Crippen molar-refractivity contribution in [3.63, 3.8) is 0 Å². The lowest BCUT2D eigenvalue weighted by molar-refractivity contribution is 0.393. The Balaban J connectivity index is 2.57. The molecule has 0 unspecified atom stereocenters. The molecule has 13 heavy (non-hydrogen) atoms. The monoisotopic (exact) mass is 179 g/mol. The van der Waals surface area contributed by atoms with Gasteiger partial charge in [-0.15, -0.1) is 0 Å². The normalized spacial score (nSPS) is 10.6. The zero-order valence-corrected chi connectivity index (χ0v) is 7.37. The van der Waals surface area contributed by atoms with Crippen LogP contribution in [0.5, 0.6) is 0 Å². The lowest BCUT2D eigenvalue weighted by Crippen LogP contribution is -1.80. The molecule has 0 saturated carbocycles. The van der Waals surface area contributed by atoms with Gasteiger partial charge in [-0.05, 0) is 13.8 Å². The number of rotatable bonds is 1. The van der Waals surface area contributed by atoms with Crippen LogP contribution in [-0.2, 0) is 0 Å². The van der Waals surface area contributed by atoms with Gasteiger partial charge in [-0.1, -0.05) is 10.3 Å². The molecule has 0 bridgehead atoms. The first-order valence-corrected chi connectivity index (χ1v) is 3.84. The molecule has 5 nitrogen and oxygen atoms in total. The molecule has 0 spiro atoms. The highest BCUT2D eigenvalue weighted by atomic mass is 16.5. The van der Waals surface area contributed by atoms with Crippen molar-refractivity contribution in [1.82, 2.24) is 10.3 Å². The van der Waals surface area contributed by atoms with Crippen molar-refractivity contribution in [2.24, 2.45) is 0 Å². The highest BCUT2D eigenvalue weighted by Crippen LogP contribution is 2.26. The average Bonchev–Trinajstić information content (AvgIpc) is 2.60. The highest BCUT2D eigenvalue weighted by molar-refractivity contribution is 5.65. The number of nitrogen functional groups attached to an aromatic ring is 1. The van der Waals surface area contributed by atoms with Crippen LogP contribution in [0.3, 0.4) is 0 Å². The Hall–Kier alpha value is -1.78. The summed E-state index contributed by atoms with van der Waals surface area (Å²) in [5.74, 6) is 1.00. The van der Waals surface area contributed by atoms with Crippen molar-refractivity contribution in [3.8, 4) is 11.3 Å². The molecule has 0 radical (unpaired) electrons. The number of nitrogens with two attached hydrogens (primary N) is 1. The van der Waals surface area contributed by atoms with Crippen molar-refractivity contribution in [1.29, 1.82) is 0 Å². The van der Waals surface area contributed by atoms with Gasteiger partial charge in [0.1, 0.15) is 11.5 Å². The third-order valence-corrected chi connectivity index (χ3v) is 1.82. The van der Waals surface area contributed by atoms with E-state index in [1.807, 2.05) is 13.8 Å². The van der Waals surface area contributed by atoms with Gasteiger partial charge < -0.3 is 14.8 Å². The molecule has 0 fully saturated rings. The van der Waals surface area contributed by atoms with Gasteiger partial charge in [-0.25, -0.2) is 0 Å². The van der Waals surface area contributed by atoms with Crippen molar-refractivity contribution < 1.29 is 9.05 Å². The molecule has 0 amide bonds. The summed E-state index contributed by atoms with van der Waals surface area (Å²) in [6.07, 6.45) is 0. The molecule has 68 valence electrons. The van der Waals surface area contributed by atoms with E-state index in [1.54, 1.807) is 6.07 Å². The molecule has 2 heterocycles. The third-order valence-electron chi connectivity index (χ3n) is 1.82. The minimum absolute atomic E-state index is 0.287. The Kier molecular flexibility index (Phi) is 1.58. The zero-order chi connectivity index (χ0) is 9.42. The maximum absolute atomic E-state index is 5.40. The summed E-state index contributed by atoms with van der Waals surface area (Å²) >= 11 is 0. The van der Waals surface area contributed by atoms with Gasteiger partial charge in [0, 0.05) is 6.07 Å². The van der Waals surface area contributed by atoms with E-state index in [-0.39, 0.29) is 5.88 Å². The fourth-order valence-corrected chi connectivity index (χ4v) is 1.26. The third kappa shape index (κ3) is 1.18. The van der Waals surface area contributed by atoms with E-state index < -0.39 is 0 Å². The average molecular weight is 179 g/mol. The smallest absolute Gasteiger partial charge is 0.222 e. The SMILES string of the molecule is Cc1noc(C)c1-c1cc(N)on1.